The molecular weight excluding hydrogens is 270 g/mol. The highest BCUT2D eigenvalue weighted by molar-refractivity contribution is 6.04. The van der Waals surface area contributed by atoms with Gasteiger partial charge >= 0.3 is 5.63 Å². The van der Waals surface area contributed by atoms with Crippen LogP contribution in [0.1, 0.15) is 10.4 Å². The van der Waals surface area contributed by atoms with Gasteiger partial charge in [0.25, 0.3) is 5.91 Å². The Hall–Kier alpha value is -3.08. The topological polar surface area (TPSA) is 79.5 Å². The molecule has 0 fully saturated rings. The van der Waals surface area contributed by atoms with Crippen LogP contribution in [0.3, 0.4) is 0 Å². The third-order valence-electron chi connectivity index (χ3n) is 3.04. The van der Waals surface area contributed by atoms with Crippen LogP contribution in [0.2, 0.25) is 0 Å². The van der Waals surface area contributed by atoms with Gasteiger partial charge in [-0.05, 0) is 30.3 Å². The van der Waals surface area contributed by atoms with Crippen molar-refractivity contribution in [3.05, 3.63) is 70.6 Å². The zero-order valence-electron chi connectivity index (χ0n) is 10.9. The summed E-state index contributed by atoms with van der Waals surface area (Å²) in [6.45, 7) is 0. The number of carbonyl (C=O) groups is 1. The van der Waals surface area contributed by atoms with Crippen molar-refractivity contribution in [1.82, 2.24) is 0 Å². The van der Waals surface area contributed by atoms with Crippen molar-refractivity contribution in [1.29, 1.82) is 0 Å². The fraction of sp³-hybridized carbons (Fsp3) is 0. The lowest BCUT2D eigenvalue weighted by atomic mass is 10.2. The first-order valence-electron chi connectivity index (χ1n) is 6.27. The number of aromatic hydroxyl groups is 1. The zero-order valence-corrected chi connectivity index (χ0v) is 10.9. The van der Waals surface area contributed by atoms with Crippen LogP contribution >= 0.6 is 0 Å². The summed E-state index contributed by atoms with van der Waals surface area (Å²) in [6.07, 6.45) is 0. The highest BCUT2D eigenvalue weighted by Gasteiger charge is 2.12. The average Bonchev–Trinajstić information content (AvgIpc) is 2.50. The monoisotopic (exact) mass is 281 g/mol. The Labute approximate surface area is 119 Å². The van der Waals surface area contributed by atoms with E-state index in [0.717, 1.165) is 0 Å². The van der Waals surface area contributed by atoms with Crippen molar-refractivity contribution in [3.8, 4) is 5.75 Å². The molecule has 1 amide bonds. The third kappa shape index (κ3) is 2.49. The number of fused-ring (bicyclic) bond motifs is 1. The lowest BCUT2D eigenvalue weighted by molar-refractivity contribution is 0.102. The molecular formula is C16H11NO4. The number of carbonyl (C=O) groups excluding carboxylic acids is 1. The molecule has 1 heterocycles. The first-order chi connectivity index (χ1) is 10.1. The molecule has 0 radical (unpaired) electrons. The Morgan fingerprint density at radius 2 is 1.81 bits per heavy atom. The first kappa shape index (κ1) is 12.9. The summed E-state index contributed by atoms with van der Waals surface area (Å²) in [5.41, 5.74) is 0.00206. The van der Waals surface area contributed by atoms with Gasteiger partial charge in [-0.1, -0.05) is 24.3 Å². The quantitative estimate of drug-likeness (QED) is 0.708. The normalized spacial score (nSPS) is 10.5. The van der Waals surface area contributed by atoms with Crippen LogP contribution < -0.4 is 10.9 Å². The Kier molecular flexibility index (Phi) is 3.16. The van der Waals surface area contributed by atoms with Crippen molar-refractivity contribution in [2.24, 2.45) is 0 Å². The number of anilines is 1. The smallest absolute Gasteiger partial charge is 0.360 e. The fourth-order valence-electron chi connectivity index (χ4n) is 2.00. The summed E-state index contributed by atoms with van der Waals surface area (Å²) >= 11 is 0. The number of hydrogen-bond acceptors (Lipinski definition) is 4. The number of benzene rings is 2. The van der Waals surface area contributed by atoms with E-state index in [0.29, 0.717) is 10.9 Å². The number of phenolic OH excluding ortho intramolecular Hbond substituents is 1. The molecule has 1 aromatic heterocycles. The van der Waals surface area contributed by atoms with Crippen molar-refractivity contribution in [2.75, 3.05) is 5.32 Å². The van der Waals surface area contributed by atoms with E-state index in [4.69, 9.17) is 4.42 Å². The van der Waals surface area contributed by atoms with E-state index in [1.165, 1.54) is 12.1 Å². The molecule has 0 atom stereocenters. The fourth-order valence-corrected chi connectivity index (χ4v) is 2.00. The highest BCUT2D eigenvalue weighted by atomic mass is 16.4. The standard InChI is InChI=1S/C16H11NO4/c18-13-7-4-8-14-11(13)9-12(16(20)21-14)17-15(19)10-5-2-1-3-6-10/h1-9,18H,(H,17,19). The van der Waals surface area contributed by atoms with Gasteiger partial charge in [-0.25, -0.2) is 4.79 Å². The average molecular weight is 281 g/mol. The largest absolute Gasteiger partial charge is 0.507 e. The molecule has 5 nitrogen and oxygen atoms in total. The second kappa shape index (κ2) is 5.13. The van der Waals surface area contributed by atoms with E-state index in [-0.39, 0.29) is 17.0 Å². The summed E-state index contributed by atoms with van der Waals surface area (Å²) in [6, 6.07) is 14.5. The summed E-state index contributed by atoms with van der Waals surface area (Å²) in [5.74, 6) is -0.441. The second-order valence-corrected chi connectivity index (χ2v) is 4.46. The molecule has 21 heavy (non-hydrogen) atoms. The Morgan fingerprint density at radius 1 is 1.05 bits per heavy atom. The minimum absolute atomic E-state index is 0.0159. The van der Waals surface area contributed by atoms with Crippen LogP contribution in [-0.2, 0) is 0 Å². The van der Waals surface area contributed by atoms with Crippen molar-refractivity contribution < 1.29 is 14.3 Å². The maximum atomic E-state index is 12.0. The van der Waals surface area contributed by atoms with E-state index >= 15 is 0 Å². The molecule has 2 N–H and O–H groups in total. The molecule has 0 bridgehead atoms. The van der Waals surface area contributed by atoms with Crippen LogP contribution in [0.15, 0.2) is 63.8 Å². The van der Waals surface area contributed by atoms with Gasteiger partial charge in [-0.2, -0.15) is 0 Å². The molecule has 0 unspecified atom stereocenters. The molecule has 0 aliphatic rings. The summed E-state index contributed by atoms with van der Waals surface area (Å²) in [5, 5.41) is 12.6. The van der Waals surface area contributed by atoms with Gasteiger partial charge in [0.2, 0.25) is 0 Å². The maximum absolute atomic E-state index is 12.0. The van der Waals surface area contributed by atoms with Gasteiger partial charge in [0, 0.05) is 5.56 Å². The maximum Gasteiger partial charge on any atom is 0.360 e. The van der Waals surface area contributed by atoms with Crippen LogP contribution in [0.25, 0.3) is 11.0 Å². The molecule has 2 aromatic carbocycles. The van der Waals surface area contributed by atoms with Gasteiger partial charge in [0.15, 0.2) is 0 Å². The molecule has 0 aliphatic carbocycles. The second-order valence-electron chi connectivity index (χ2n) is 4.46. The Balaban J connectivity index is 2.01. The third-order valence-corrected chi connectivity index (χ3v) is 3.04. The molecule has 3 aromatic rings. The molecule has 0 saturated heterocycles. The molecule has 3 rings (SSSR count). The lowest BCUT2D eigenvalue weighted by Crippen LogP contribution is -2.17. The van der Waals surface area contributed by atoms with Gasteiger partial charge in [0.1, 0.15) is 17.0 Å². The summed E-state index contributed by atoms with van der Waals surface area (Å²) < 4.78 is 5.08. The summed E-state index contributed by atoms with van der Waals surface area (Å²) in [7, 11) is 0. The van der Waals surface area contributed by atoms with E-state index in [1.807, 2.05) is 0 Å². The SMILES string of the molecule is O=C(Nc1cc2c(O)cccc2oc1=O)c1ccccc1. The lowest BCUT2D eigenvalue weighted by Gasteiger charge is -2.05. The number of phenols is 1. The van der Waals surface area contributed by atoms with Crippen LogP contribution in [-0.4, -0.2) is 11.0 Å². The van der Waals surface area contributed by atoms with Crippen LogP contribution in [0.5, 0.6) is 5.75 Å². The van der Waals surface area contributed by atoms with E-state index in [1.54, 1.807) is 42.5 Å². The number of amides is 1. The van der Waals surface area contributed by atoms with Gasteiger partial charge in [-0.3, -0.25) is 4.79 Å². The first-order valence-corrected chi connectivity index (χ1v) is 6.27. The van der Waals surface area contributed by atoms with E-state index in [9.17, 15) is 14.7 Å². The van der Waals surface area contributed by atoms with Crippen LogP contribution in [0.4, 0.5) is 5.69 Å². The van der Waals surface area contributed by atoms with Gasteiger partial charge in [-0.15, -0.1) is 0 Å². The molecule has 0 spiro atoms. The van der Waals surface area contributed by atoms with Gasteiger partial charge in [0.05, 0.1) is 5.39 Å². The molecule has 0 aliphatic heterocycles. The predicted molar refractivity (Wildman–Crippen MR) is 78.5 cm³/mol. The number of nitrogens with one attached hydrogen (secondary N) is 1. The van der Waals surface area contributed by atoms with Crippen molar-refractivity contribution in [3.63, 3.8) is 0 Å². The number of rotatable bonds is 2. The van der Waals surface area contributed by atoms with E-state index in [2.05, 4.69) is 5.32 Å². The minimum Gasteiger partial charge on any atom is -0.507 e. The van der Waals surface area contributed by atoms with Crippen molar-refractivity contribution >= 4 is 22.6 Å². The molecule has 5 heteroatoms. The molecule has 104 valence electrons. The van der Waals surface area contributed by atoms with Gasteiger partial charge < -0.3 is 14.8 Å². The molecule has 0 saturated carbocycles. The summed E-state index contributed by atoms with van der Waals surface area (Å²) in [4.78, 5) is 23.9. The van der Waals surface area contributed by atoms with Crippen molar-refractivity contribution in [2.45, 2.75) is 0 Å². The number of hydrogen-bond donors (Lipinski definition) is 2. The Bertz CT molecular complexity index is 868. The Morgan fingerprint density at radius 3 is 2.57 bits per heavy atom. The predicted octanol–water partition coefficient (Wildman–Crippen LogP) is 2.75. The minimum atomic E-state index is -0.669. The highest BCUT2D eigenvalue weighted by Crippen LogP contribution is 2.25. The zero-order chi connectivity index (χ0) is 14.8. The van der Waals surface area contributed by atoms with E-state index < -0.39 is 11.5 Å². The van der Waals surface area contributed by atoms with Crippen LogP contribution in [0, 0.1) is 0 Å².